The molecule has 0 aliphatic heterocycles. The molecule has 0 heterocycles. The van der Waals surface area contributed by atoms with Crippen molar-refractivity contribution in [2.75, 3.05) is 0 Å². The second kappa shape index (κ2) is 5.61. The summed E-state index contributed by atoms with van der Waals surface area (Å²) in [6.07, 6.45) is 12.3. The topological polar surface area (TPSA) is 0 Å². The van der Waals surface area contributed by atoms with Crippen LogP contribution in [0.25, 0.3) is 5.57 Å². The molecule has 0 N–H and O–H groups in total. The molecule has 0 fully saturated rings. The summed E-state index contributed by atoms with van der Waals surface area (Å²) in [4.78, 5) is 0. The van der Waals surface area contributed by atoms with E-state index in [-0.39, 0.29) is 5.41 Å². The summed E-state index contributed by atoms with van der Waals surface area (Å²) in [7, 11) is 0. The summed E-state index contributed by atoms with van der Waals surface area (Å²) in [5, 5.41) is 0. The minimum Gasteiger partial charge on any atom is -0.0751 e. The molecule has 2 rings (SSSR count). The van der Waals surface area contributed by atoms with E-state index in [4.69, 9.17) is 0 Å². The molecule has 100 valence electrons. The lowest BCUT2D eigenvalue weighted by atomic mass is 9.91. The highest BCUT2D eigenvalue weighted by molar-refractivity contribution is 5.78. The van der Waals surface area contributed by atoms with Crippen molar-refractivity contribution in [1.82, 2.24) is 0 Å². The van der Waals surface area contributed by atoms with Crippen LogP contribution in [-0.2, 0) is 6.42 Å². The third-order valence-corrected chi connectivity index (χ3v) is 3.45. The minimum atomic E-state index is 0.144. The fourth-order valence-corrected chi connectivity index (χ4v) is 2.41. The standard InChI is InChI=1S/C19H24/c1-15(2)14-17-8-5-6-10-18(17)16-9-7-12-19(3,4)13-11-16/h5-13,15H,14H2,1-4H3. The molecule has 0 nitrogen and oxygen atoms in total. The third-order valence-electron chi connectivity index (χ3n) is 3.45. The van der Waals surface area contributed by atoms with Crippen molar-refractivity contribution in [1.29, 1.82) is 0 Å². The van der Waals surface area contributed by atoms with Crippen molar-refractivity contribution in [2.24, 2.45) is 11.3 Å². The predicted octanol–water partition coefficient (Wildman–Crippen LogP) is 5.42. The van der Waals surface area contributed by atoms with Crippen LogP contribution in [0.5, 0.6) is 0 Å². The van der Waals surface area contributed by atoms with Gasteiger partial charge in [0.15, 0.2) is 0 Å². The van der Waals surface area contributed by atoms with E-state index in [1.165, 1.54) is 16.7 Å². The van der Waals surface area contributed by atoms with Crippen molar-refractivity contribution in [3.8, 4) is 0 Å². The van der Waals surface area contributed by atoms with Gasteiger partial charge in [-0.15, -0.1) is 0 Å². The van der Waals surface area contributed by atoms with Crippen molar-refractivity contribution in [2.45, 2.75) is 34.1 Å². The molecule has 0 amide bonds. The molecule has 0 aromatic heterocycles. The normalized spacial score (nSPS) is 17.4. The van der Waals surface area contributed by atoms with E-state index >= 15 is 0 Å². The summed E-state index contributed by atoms with van der Waals surface area (Å²) in [5.41, 5.74) is 4.28. The molecule has 1 aromatic rings. The van der Waals surface area contributed by atoms with Gasteiger partial charge in [0.1, 0.15) is 0 Å². The van der Waals surface area contributed by atoms with Crippen LogP contribution in [0, 0.1) is 11.3 Å². The molecular formula is C19H24. The second-order valence-corrected chi connectivity index (χ2v) is 6.39. The van der Waals surface area contributed by atoms with E-state index in [9.17, 15) is 0 Å². The Bertz CT molecular complexity index is 525. The van der Waals surface area contributed by atoms with Gasteiger partial charge < -0.3 is 0 Å². The Hall–Kier alpha value is -1.56. The van der Waals surface area contributed by atoms with Crippen LogP contribution in [0.15, 0.2) is 54.6 Å². The van der Waals surface area contributed by atoms with Crippen molar-refractivity contribution in [3.05, 3.63) is 65.8 Å². The molecule has 0 saturated carbocycles. The lowest BCUT2D eigenvalue weighted by Gasteiger charge is -2.14. The van der Waals surface area contributed by atoms with Crippen LogP contribution in [0.4, 0.5) is 0 Å². The van der Waals surface area contributed by atoms with E-state index in [1.54, 1.807) is 0 Å². The van der Waals surface area contributed by atoms with Gasteiger partial charge in [-0.1, -0.05) is 82.3 Å². The van der Waals surface area contributed by atoms with Gasteiger partial charge in [0, 0.05) is 5.41 Å². The van der Waals surface area contributed by atoms with Gasteiger partial charge in [-0.3, -0.25) is 0 Å². The largest absolute Gasteiger partial charge is 0.0751 e. The van der Waals surface area contributed by atoms with E-state index in [1.807, 2.05) is 0 Å². The number of rotatable bonds is 3. The van der Waals surface area contributed by atoms with Crippen LogP contribution in [0.1, 0.15) is 38.8 Å². The number of benzene rings is 1. The van der Waals surface area contributed by atoms with E-state index < -0.39 is 0 Å². The van der Waals surface area contributed by atoms with Gasteiger partial charge in [0.25, 0.3) is 0 Å². The maximum Gasteiger partial charge on any atom is 0.00109 e. The molecular weight excluding hydrogens is 228 g/mol. The summed E-state index contributed by atoms with van der Waals surface area (Å²) >= 11 is 0. The number of allylic oxidation sites excluding steroid dienone is 6. The van der Waals surface area contributed by atoms with Gasteiger partial charge in [0.05, 0.1) is 0 Å². The zero-order valence-electron chi connectivity index (χ0n) is 12.5. The Morgan fingerprint density at radius 2 is 1.79 bits per heavy atom. The van der Waals surface area contributed by atoms with E-state index in [0.29, 0.717) is 5.92 Å². The summed E-state index contributed by atoms with van der Waals surface area (Å²) in [5.74, 6) is 0.684. The molecule has 1 aliphatic carbocycles. The van der Waals surface area contributed by atoms with E-state index in [0.717, 1.165) is 6.42 Å². The summed E-state index contributed by atoms with van der Waals surface area (Å²) in [6, 6.07) is 8.76. The first kappa shape index (κ1) is 13.9. The highest BCUT2D eigenvalue weighted by Gasteiger charge is 2.12. The Kier molecular flexibility index (Phi) is 4.09. The molecule has 0 unspecified atom stereocenters. The smallest absolute Gasteiger partial charge is 0.00109 e. The average Bonchev–Trinajstić information content (AvgIpc) is 2.50. The Labute approximate surface area is 117 Å². The fourth-order valence-electron chi connectivity index (χ4n) is 2.41. The Morgan fingerprint density at radius 3 is 2.53 bits per heavy atom. The minimum absolute atomic E-state index is 0.144. The van der Waals surface area contributed by atoms with Gasteiger partial charge in [-0.05, 0) is 29.0 Å². The molecule has 19 heavy (non-hydrogen) atoms. The lowest BCUT2D eigenvalue weighted by molar-refractivity contribution is 0.627. The van der Waals surface area contributed by atoms with Crippen LogP contribution in [0.2, 0.25) is 0 Å². The zero-order chi connectivity index (χ0) is 13.9. The van der Waals surface area contributed by atoms with Crippen molar-refractivity contribution >= 4 is 5.57 Å². The lowest BCUT2D eigenvalue weighted by Crippen LogP contribution is -2.01. The Morgan fingerprint density at radius 1 is 1.05 bits per heavy atom. The first-order chi connectivity index (χ1) is 8.98. The van der Waals surface area contributed by atoms with Crippen molar-refractivity contribution in [3.63, 3.8) is 0 Å². The van der Waals surface area contributed by atoms with Gasteiger partial charge in [-0.2, -0.15) is 0 Å². The van der Waals surface area contributed by atoms with Gasteiger partial charge in [-0.25, -0.2) is 0 Å². The molecule has 0 bridgehead atoms. The van der Waals surface area contributed by atoms with Gasteiger partial charge in [0.2, 0.25) is 0 Å². The maximum atomic E-state index is 2.29. The Balaban J connectivity index is 2.38. The molecule has 1 aliphatic rings. The quantitative estimate of drug-likeness (QED) is 0.673. The van der Waals surface area contributed by atoms with Crippen molar-refractivity contribution < 1.29 is 0 Å². The number of hydrogen-bond donors (Lipinski definition) is 0. The molecule has 0 heteroatoms. The zero-order valence-corrected chi connectivity index (χ0v) is 12.5. The highest BCUT2D eigenvalue weighted by Crippen LogP contribution is 2.29. The molecule has 0 saturated heterocycles. The fraction of sp³-hybridized carbons (Fsp3) is 0.368. The molecule has 1 aromatic carbocycles. The second-order valence-electron chi connectivity index (χ2n) is 6.39. The molecule has 0 atom stereocenters. The van der Waals surface area contributed by atoms with E-state index in [2.05, 4.69) is 82.3 Å². The monoisotopic (exact) mass is 252 g/mol. The maximum absolute atomic E-state index is 2.29. The summed E-state index contributed by atoms with van der Waals surface area (Å²) in [6.45, 7) is 9.02. The third kappa shape index (κ3) is 3.70. The van der Waals surface area contributed by atoms with Crippen LogP contribution >= 0.6 is 0 Å². The highest BCUT2D eigenvalue weighted by atomic mass is 14.2. The van der Waals surface area contributed by atoms with Crippen LogP contribution < -0.4 is 0 Å². The average molecular weight is 252 g/mol. The van der Waals surface area contributed by atoms with Crippen LogP contribution in [-0.4, -0.2) is 0 Å². The van der Waals surface area contributed by atoms with Crippen LogP contribution in [0.3, 0.4) is 0 Å². The first-order valence-corrected chi connectivity index (χ1v) is 7.15. The first-order valence-electron chi connectivity index (χ1n) is 7.15. The summed E-state index contributed by atoms with van der Waals surface area (Å²) < 4.78 is 0. The van der Waals surface area contributed by atoms with Gasteiger partial charge >= 0.3 is 0 Å². The molecule has 0 radical (unpaired) electrons. The molecule has 0 spiro atoms. The predicted molar refractivity (Wildman–Crippen MR) is 85.0 cm³/mol. The number of hydrogen-bond acceptors (Lipinski definition) is 0. The SMILES string of the molecule is CC(C)Cc1ccccc1C1=CC=CC(C)(C)C=C1.